The molecule has 0 radical (unpaired) electrons. The third kappa shape index (κ3) is 6.34. The molecule has 1 aliphatic carbocycles. The van der Waals surface area contributed by atoms with E-state index in [1.54, 1.807) is 0 Å². The van der Waals surface area contributed by atoms with E-state index < -0.39 is 16.4 Å². The summed E-state index contributed by atoms with van der Waals surface area (Å²) >= 11 is 0. The Kier molecular flexibility index (Phi) is 5.66. The molecule has 1 unspecified atom stereocenters. The molecule has 0 spiro atoms. The third-order valence-corrected chi connectivity index (χ3v) is 5.28. The van der Waals surface area contributed by atoms with E-state index in [0.717, 1.165) is 24.3 Å². The minimum atomic E-state index is -0.623. The second-order valence-corrected chi connectivity index (χ2v) is 8.81. The maximum atomic E-state index is 11.7. The van der Waals surface area contributed by atoms with Crippen molar-refractivity contribution in [1.29, 1.82) is 0 Å². The van der Waals surface area contributed by atoms with Crippen LogP contribution in [0.25, 0.3) is 0 Å². The predicted octanol–water partition coefficient (Wildman–Crippen LogP) is 1.79. The van der Waals surface area contributed by atoms with Crippen molar-refractivity contribution in [2.24, 2.45) is 5.92 Å². The van der Waals surface area contributed by atoms with Crippen molar-refractivity contribution in [3.05, 3.63) is 0 Å². The molecule has 1 saturated carbocycles. The fourth-order valence-corrected chi connectivity index (χ4v) is 3.93. The van der Waals surface area contributed by atoms with Gasteiger partial charge in [0.05, 0.1) is 0 Å². The first-order chi connectivity index (χ1) is 9.83. The zero-order valence-electron chi connectivity index (χ0n) is 13.3. The van der Waals surface area contributed by atoms with Gasteiger partial charge in [-0.15, -0.1) is 0 Å². The molecule has 1 atom stereocenters. The summed E-state index contributed by atoms with van der Waals surface area (Å²) in [7, 11) is -0.623. The highest BCUT2D eigenvalue weighted by Gasteiger charge is 2.33. The van der Waals surface area contributed by atoms with Gasteiger partial charge in [0.15, 0.2) is 0 Å². The molecule has 0 aromatic carbocycles. The summed E-state index contributed by atoms with van der Waals surface area (Å²) in [6.07, 6.45) is 4.06. The Hall–Kier alpha value is -0.620. The molecule has 1 saturated heterocycles. The maximum Gasteiger partial charge on any atom is 0.407 e. The molecule has 0 aromatic heterocycles. The number of alkyl carbamates (subject to hydrolysis) is 1. The van der Waals surface area contributed by atoms with E-state index in [0.29, 0.717) is 24.5 Å². The van der Waals surface area contributed by atoms with Crippen molar-refractivity contribution in [3.63, 3.8) is 0 Å². The molecule has 2 fully saturated rings. The Morgan fingerprint density at radius 2 is 1.86 bits per heavy atom. The van der Waals surface area contributed by atoms with Gasteiger partial charge in [0.2, 0.25) is 0 Å². The standard InChI is InChI=1S/C15H28N2O3S/c1-15(2,3)20-14(18)16-10-13(11-4-5-11)17-12-6-8-21(19)9-7-12/h11-13,17H,4-10H2,1-3H3,(H,16,18). The molecule has 1 aliphatic heterocycles. The molecular formula is C15H28N2O3S. The van der Waals surface area contributed by atoms with E-state index >= 15 is 0 Å². The van der Waals surface area contributed by atoms with E-state index in [4.69, 9.17) is 4.74 Å². The summed E-state index contributed by atoms with van der Waals surface area (Å²) in [5, 5.41) is 6.53. The number of hydrogen-bond acceptors (Lipinski definition) is 4. The SMILES string of the molecule is CC(C)(C)OC(=O)NCC(NC1CCS(=O)CC1)C1CC1. The second-order valence-electron chi connectivity index (χ2n) is 7.12. The van der Waals surface area contributed by atoms with E-state index in [1.807, 2.05) is 20.8 Å². The van der Waals surface area contributed by atoms with Crippen LogP contribution < -0.4 is 10.6 Å². The van der Waals surface area contributed by atoms with E-state index in [2.05, 4.69) is 10.6 Å². The number of amides is 1. The van der Waals surface area contributed by atoms with Gasteiger partial charge in [-0.2, -0.15) is 0 Å². The number of ether oxygens (including phenoxy) is 1. The van der Waals surface area contributed by atoms with Crippen molar-refractivity contribution in [3.8, 4) is 0 Å². The average molecular weight is 316 g/mol. The first kappa shape index (κ1) is 16.7. The van der Waals surface area contributed by atoms with Gasteiger partial charge < -0.3 is 15.4 Å². The Bertz CT molecular complexity index is 381. The van der Waals surface area contributed by atoms with Crippen molar-refractivity contribution in [2.45, 2.75) is 64.1 Å². The Balaban J connectivity index is 1.75. The number of hydrogen-bond donors (Lipinski definition) is 2. The van der Waals surface area contributed by atoms with E-state index in [9.17, 15) is 9.00 Å². The van der Waals surface area contributed by atoms with Crippen LogP contribution in [-0.4, -0.2) is 46.0 Å². The second kappa shape index (κ2) is 7.09. The normalized spacial score (nSPS) is 28.0. The smallest absolute Gasteiger partial charge is 0.407 e. The van der Waals surface area contributed by atoms with Crippen LogP contribution in [0, 0.1) is 5.92 Å². The molecule has 1 amide bonds. The number of carbonyl (C=O) groups excluding carboxylic acids is 1. The summed E-state index contributed by atoms with van der Waals surface area (Å²) in [6, 6.07) is 0.753. The highest BCUT2D eigenvalue weighted by atomic mass is 32.2. The van der Waals surface area contributed by atoms with E-state index in [1.165, 1.54) is 12.8 Å². The Morgan fingerprint density at radius 3 is 2.38 bits per heavy atom. The lowest BCUT2D eigenvalue weighted by atomic mass is 10.1. The summed E-state index contributed by atoms with van der Waals surface area (Å²) in [4.78, 5) is 11.7. The van der Waals surface area contributed by atoms with Crippen LogP contribution in [0.5, 0.6) is 0 Å². The van der Waals surface area contributed by atoms with Gasteiger partial charge in [-0.3, -0.25) is 4.21 Å². The Morgan fingerprint density at radius 1 is 1.24 bits per heavy atom. The van der Waals surface area contributed by atoms with E-state index in [-0.39, 0.29) is 6.09 Å². The molecular weight excluding hydrogens is 288 g/mol. The van der Waals surface area contributed by atoms with Gasteiger partial charge in [-0.25, -0.2) is 4.79 Å². The molecule has 2 N–H and O–H groups in total. The van der Waals surface area contributed by atoms with Crippen LogP contribution in [0.4, 0.5) is 4.79 Å². The van der Waals surface area contributed by atoms with Gasteiger partial charge in [0.1, 0.15) is 5.60 Å². The minimum absolute atomic E-state index is 0.314. The lowest BCUT2D eigenvalue weighted by Crippen LogP contribution is -2.49. The minimum Gasteiger partial charge on any atom is -0.444 e. The van der Waals surface area contributed by atoms with Crippen LogP contribution >= 0.6 is 0 Å². The summed E-state index contributed by atoms with van der Waals surface area (Å²) < 4.78 is 16.7. The summed E-state index contributed by atoms with van der Waals surface area (Å²) in [6.45, 7) is 6.21. The van der Waals surface area contributed by atoms with Gasteiger partial charge >= 0.3 is 6.09 Å². The highest BCUT2D eigenvalue weighted by Crippen LogP contribution is 2.33. The number of nitrogens with one attached hydrogen (secondary N) is 2. The molecule has 6 heteroatoms. The zero-order chi connectivity index (χ0) is 15.5. The predicted molar refractivity (Wildman–Crippen MR) is 84.8 cm³/mol. The van der Waals surface area contributed by atoms with Gasteiger partial charge in [0.25, 0.3) is 0 Å². The maximum absolute atomic E-state index is 11.7. The molecule has 2 rings (SSSR count). The van der Waals surface area contributed by atoms with Gasteiger partial charge in [-0.05, 0) is 52.4 Å². The highest BCUT2D eigenvalue weighted by molar-refractivity contribution is 7.85. The van der Waals surface area contributed by atoms with Crippen LogP contribution in [0.15, 0.2) is 0 Å². The molecule has 0 bridgehead atoms. The largest absolute Gasteiger partial charge is 0.444 e. The monoisotopic (exact) mass is 316 g/mol. The van der Waals surface area contributed by atoms with Crippen LogP contribution in [0.2, 0.25) is 0 Å². The average Bonchev–Trinajstić information content (AvgIpc) is 3.19. The molecule has 5 nitrogen and oxygen atoms in total. The fraction of sp³-hybridized carbons (Fsp3) is 0.933. The van der Waals surface area contributed by atoms with Crippen molar-refractivity contribution in [1.82, 2.24) is 10.6 Å². The van der Waals surface area contributed by atoms with Crippen LogP contribution in [-0.2, 0) is 15.5 Å². The van der Waals surface area contributed by atoms with Crippen molar-refractivity contribution < 1.29 is 13.7 Å². The molecule has 1 heterocycles. The third-order valence-electron chi connectivity index (χ3n) is 3.89. The van der Waals surface area contributed by atoms with Crippen molar-refractivity contribution >= 4 is 16.9 Å². The first-order valence-corrected chi connectivity index (χ1v) is 9.40. The fourth-order valence-electron chi connectivity index (χ4n) is 2.63. The lowest BCUT2D eigenvalue weighted by molar-refractivity contribution is 0.0520. The van der Waals surface area contributed by atoms with Crippen LogP contribution in [0.1, 0.15) is 46.5 Å². The molecule has 0 aromatic rings. The molecule has 122 valence electrons. The van der Waals surface area contributed by atoms with Gasteiger partial charge in [-0.1, -0.05) is 0 Å². The summed E-state index contributed by atoms with van der Waals surface area (Å²) in [5.41, 5.74) is -0.458. The molecule has 2 aliphatic rings. The lowest BCUT2D eigenvalue weighted by Gasteiger charge is -2.29. The van der Waals surface area contributed by atoms with Crippen molar-refractivity contribution in [2.75, 3.05) is 18.1 Å². The summed E-state index contributed by atoms with van der Waals surface area (Å²) in [5.74, 6) is 2.26. The number of rotatable bonds is 5. The quantitative estimate of drug-likeness (QED) is 0.811. The topological polar surface area (TPSA) is 67.4 Å². The number of carbonyl (C=O) groups is 1. The van der Waals surface area contributed by atoms with Crippen LogP contribution in [0.3, 0.4) is 0 Å². The first-order valence-electron chi connectivity index (χ1n) is 7.91. The van der Waals surface area contributed by atoms with Gasteiger partial charge in [0, 0.05) is 40.9 Å². The Labute approximate surface area is 130 Å². The zero-order valence-corrected chi connectivity index (χ0v) is 14.1. The molecule has 21 heavy (non-hydrogen) atoms.